The third-order valence-electron chi connectivity index (χ3n) is 13.0. The van der Waals surface area contributed by atoms with Crippen molar-refractivity contribution >= 4 is 23.9 Å². The van der Waals surface area contributed by atoms with Crippen molar-refractivity contribution in [2.45, 2.75) is 142 Å². The molecule has 408 valence electrons. The van der Waals surface area contributed by atoms with Crippen LogP contribution in [0.25, 0.3) is 11.1 Å². The fourth-order valence-corrected chi connectivity index (χ4v) is 8.50. The molecular formula is C64H71F3O10. The molecule has 0 amide bonds. The largest absolute Gasteiger partial charge is 0.494 e. The fraction of sp³-hybridized carbons (Fsp3) is 0.375. The Morgan fingerprint density at radius 1 is 0.325 bits per heavy atom. The summed E-state index contributed by atoms with van der Waals surface area (Å²) in [5.74, 6) is -6.55. The second-order valence-corrected chi connectivity index (χ2v) is 19.1. The standard InChI is InChI=1S/C64H71F3O10/c1-3-5-7-9-11-13-15-17-19-21-43-72-50-31-23-46(24-32-50)61(68)74-52-35-27-48(28-36-52)63(70)76-54-39-41-57(65)56(45-54)55-40-42-58(60(67)59(55)66)77-64(71)49-29-37-53(38-30-49)75-62(69)47-25-33-51(34-26-47)73-44-22-20-18-16-14-12-10-8-6-4-2/h23-42,45H,3-22,43-44H2,1-2H3. The van der Waals surface area contributed by atoms with E-state index in [0.717, 1.165) is 56.0 Å². The van der Waals surface area contributed by atoms with E-state index in [0.29, 0.717) is 30.3 Å². The van der Waals surface area contributed by atoms with Crippen LogP contribution in [-0.4, -0.2) is 37.1 Å². The lowest BCUT2D eigenvalue weighted by atomic mass is 10.0. The Morgan fingerprint density at radius 3 is 1.04 bits per heavy atom. The molecule has 0 aliphatic rings. The Bertz CT molecular complexity index is 2780. The lowest BCUT2D eigenvalue weighted by Gasteiger charge is -2.12. The van der Waals surface area contributed by atoms with E-state index < -0.39 is 58.2 Å². The first kappa shape index (κ1) is 58.8. The number of rotatable bonds is 33. The Morgan fingerprint density at radius 2 is 0.649 bits per heavy atom. The average Bonchev–Trinajstić information content (AvgIpc) is 3.44. The predicted octanol–water partition coefficient (Wildman–Crippen LogP) is 17.2. The Labute approximate surface area is 451 Å². The summed E-state index contributed by atoms with van der Waals surface area (Å²) in [4.78, 5) is 51.7. The summed E-state index contributed by atoms with van der Waals surface area (Å²) in [7, 11) is 0. The molecule has 10 nitrogen and oxygen atoms in total. The van der Waals surface area contributed by atoms with E-state index in [-0.39, 0.29) is 33.9 Å². The van der Waals surface area contributed by atoms with Crippen LogP contribution in [0.4, 0.5) is 13.2 Å². The van der Waals surface area contributed by atoms with Crippen LogP contribution in [0.2, 0.25) is 0 Å². The highest BCUT2D eigenvalue weighted by molar-refractivity contribution is 5.94. The third kappa shape index (κ3) is 19.6. The molecule has 0 aliphatic heterocycles. The molecule has 0 aliphatic carbocycles. The molecule has 0 heterocycles. The van der Waals surface area contributed by atoms with E-state index in [1.165, 1.54) is 151 Å². The van der Waals surface area contributed by atoms with Gasteiger partial charge in [0, 0.05) is 11.1 Å². The minimum atomic E-state index is -1.57. The first-order chi connectivity index (χ1) is 37.5. The van der Waals surface area contributed by atoms with Crippen LogP contribution in [0.15, 0.2) is 127 Å². The van der Waals surface area contributed by atoms with Gasteiger partial charge >= 0.3 is 23.9 Å². The van der Waals surface area contributed by atoms with Gasteiger partial charge in [-0.25, -0.2) is 28.0 Å². The summed E-state index contributed by atoms with van der Waals surface area (Å²) in [5.41, 5.74) is -0.381. The third-order valence-corrected chi connectivity index (χ3v) is 13.0. The highest BCUT2D eigenvalue weighted by Gasteiger charge is 2.22. The van der Waals surface area contributed by atoms with Gasteiger partial charge < -0.3 is 28.4 Å². The first-order valence-electron chi connectivity index (χ1n) is 27.4. The number of carbonyl (C=O) groups is 4. The van der Waals surface area contributed by atoms with Gasteiger partial charge in [0.2, 0.25) is 5.82 Å². The smallest absolute Gasteiger partial charge is 0.343 e. The number of hydrogen-bond acceptors (Lipinski definition) is 10. The number of unbranched alkanes of at least 4 members (excludes halogenated alkanes) is 18. The van der Waals surface area contributed by atoms with Crippen LogP contribution in [0.5, 0.6) is 34.5 Å². The van der Waals surface area contributed by atoms with Crippen molar-refractivity contribution in [2.24, 2.45) is 0 Å². The molecule has 0 bridgehead atoms. The predicted molar refractivity (Wildman–Crippen MR) is 292 cm³/mol. The molecule has 0 radical (unpaired) electrons. The van der Waals surface area contributed by atoms with Crippen molar-refractivity contribution in [3.8, 4) is 45.6 Å². The second-order valence-electron chi connectivity index (χ2n) is 19.1. The van der Waals surface area contributed by atoms with Gasteiger partial charge in [0.05, 0.1) is 35.5 Å². The zero-order valence-electron chi connectivity index (χ0n) is 44.4. The normalized spacial score (nSPS) is 11.0. The van der Waals surface area contributed by atoms with Crippen LogP contribution >= 0.6 is 0 Å². The first-order valence-corrected chi connectivity index (χ1v) is 27.4. The van der Waals surface area contributed by atoms with Crippen LogP contribution < -0.4 is 28.4 Å². The number of esters is 4. The summed E-state index contributed by atoms with van der Waals surface area (Å²) in [6.45, 7) is 5.64. The second kappa shape index (κ2) is 32.2. The molecule has 0 fully saturated rings. The van der Waals surface area contributed by atoms with Gasteiger partial charge in [-0.15, -0.1) is 0 Å². The van der Waals surface area contributed by atoms with Gasteiger partial charge in [-0.2, -0.15) is 4.39 Å². The van der Waals surface area contributed by atoms with Crippen molar-refractivity contribution in [1.82, 2.24) is 0 Å². The highest BCUT2D eigenvalue weighted by Crippen LogP contribution is 2.34. The Balaban J connectivity index is 0.923. The number of halogens is 3. The minimum absolute atomic E-state index is 0.0555. The number of hydrogen-bond donors (Lipinski definition) is 0. The molecule has 13 heteroatoms. The Hall–Kier alpha value is -7.41. The topological polar surface area (TPSA) is 124 Å². The molecule has 0 saturated heterocycles. The molecule has 0 saturated carbocycles. The van der Waals surface area contributed by atoms with Gasteiger partial charge in [0.25, 0.3) is 0 Å². The SMILES string of the molecule is CCCCCCCCCCCCOc1ccc(C(=O)Oc2ccc(C(=O)Oc3ccc(F)c(-c4ccc(OC(=O)c5ccc(OC(=O)c6ccc(OCCCCCCCCCCCC)cc6)cc5)c(F)c4F)c3)cc2)cc1. The van der Waals surface area contributed by atoms with Crippen molar-refractivity contribution < 1.29 is 60.8 Å². The van der Waals surface area contributed by atoms with Crippen LogP contribution in [0.1, 0.15) is 184 Å². The maximum Gasteiger partial charge on any atom is 0.343 e. The number of carbonyl (C=O) groups excluding carboxylic acids is 4. The highest BCUT2D eigenvalue weighted by atomic mass is 19.2. The summed E-state index contributed by atoms with van der Waals surface area (Å²) in [6, 6.07) is 29.2. The van der Waals surface area contributed by atoms with E-state index in [2.05, 4.69) is 13.8 Å². The summed E-state index contributed by atoms with van der Waals surface area (Å²) < 4.78 is 79.3. The molecule has 6 aromatic carbocycles. The van der Waals surface area contributed by atoms with Gasteiger partial charge in [-0.3, -0.25) is 0 Å². The maximum atomic E-state index is 15.6. The lowest BCUT2D eigenvalue weighted by molar-refractivity contribution is 0.0717. The zero-order chi connectivity index (χ0) is 54.6. The van der Waals surface area contributed by atoms with Gasteiger partial charge in [0.1, 0.15) is 34.6 Å². The van der Waals surface area contributed by atoms with E-state index in [1.54, 1.807) is 48.5 Å². The molecule has 0 aromatic heterocycles. The number of benzene rings is 6. The van der Waals surface area contributed by atoms with Gasteiger partial charge in [-0.05, 0) is 140 Å². The molecule has 77 heavy (non-hydrogen) atoms. The van der Waals surface area contributed by atoms with Crippen LogP contribution in [0, 0.1) is 17.5 Å². The van der Waals surface area contributed by atoms with Crippen molar-refractivity contribution in [1.29, 1.82) is 0 Å². The van der Waals surface area contributed by atoms with Crippen LogP contribution in [-0.2, 0) is 0 Å². The molecule has 0 unspecified atom stereocenters. The quantitative estimate of drug-likeness (QED) is 0.0224. The lowest BCUT2D eigenvalue weighted by Crippen LogP contribution is -2.11. The van der Waals surface area contributed by atoms with Crippen molar-refractivity contribution in [3.63, 3.8) is 0 Å². The van der Waals surface area contributed by atoms with E-state index in [9.17, 15) is 19.2 Å². The van der Waals surface area contributed by atoms with Crippen molar-refractivity contribution in [3.05, 3.63) is 167 Å². The van der Waals surface area contributed by atoms with Crippen LogP contribution in [0.3, 0.4) is 0 Å². The Kier molecular flexibility index (Phi) is 24.6. The summed E-state index contributed by atoms with van der Waals surface area (Å²) >= 11 is 0. The maximum absolute atomic E-state index is 15.6. The summed E-state index contributed by atoms with van der Waals surface area (Å²) in [6.07, 6.45) is 24.7. The molecule has 0 N–H and O–H groups in total. The monoisotopic (exact) mass is 1060 g/mol. The fourth-order valence-electron chi connectivity index (χ4n) is 8.50. The van der Waals surface area contributed by atoms with Gasteiger partial charge in [-0.1, -0.05) is 129 Å². The average molecular weight is 1060 g/mol. The number of ether oxygens (including phenoxy) is 6. The molecule has 6 rings (SSSR count). The summed E-state index contributed by atoms with van der Waals surface area (Å²) in [5, 5.41) is 0. The van der Waals surface area contributed by atoms with Crippen molar-refractivity contribution in [2.75, 3.05) is 13.2 Å². The zero-order valence-corrected chi connectivity index (χ0v) is 44.4. The van der Waals surface area contributed by atoms with E-state index in [1.807, 2.05) is 0 Å². The molecule has 6 aromatic rings. The molecule has 0 spiro atoms. The minimum Gasteiger partial charge on any atom is -0.494 e. The van der Waals surface area contributed by atoms with Gasteiger partial charge in [0.15, 0.2) is 11.6 Å². The van der Waals surface area contributed by atoms with E-state index >= 15 is 13.2 Å². The molecule has 0 atom stereocenters. The van der Waals surface area contributed by atoms with E-state index in [4.69, 9.17) is 28.4 Å². The molecular weight excluding hydrogens is 986 g/mol.